The predicted molar refractivity (Wildman–Crippen MR) is 232 cm³/mol. The lowest BCUT2D eigenvalue weighted by atomic mass is 9.87. The second-order valence-electron chi connectivity index (χ2n) is 18.6. The number of alkyl halides is 6. The van der Waals surface area contributed by atoms with E-state index in [4.69, 9.17) is 8.37 Å². The van der Waals surface area contributed by atoms with E-state index < -0.39 is 75.9 Å². The Morgan fingerprint density at radius 1 is 0.387 bits per heavy atom. The minimum atomic E-state index is -6.31. The molecule has 2 N–H and O–H groups in total. The maximum Gasteiger partial charge on any atom is 0.534 e. The number of hydrogen-bond acceptors (Lipinski definition) is 12. The topological polar surface area (TPSA) is 127 Å². The molecule has 0 saturated carbocycles. The quantitative estimate of drug-likeness (QED) is 0.101. The van der Waals surface area contributed by atoms with Crippen LogP contribution in [0.3, 0.4) is 0 Å². The van der Waals surface area contributed by atoms with Gasteiger partial charge >= 0.3 is 31.3 Å². The molecule has 20 heteroatoms. The molecule has 0 saturated heterocycles. The van der Waals surface area contributed by atoms with Gasteiger partial charge in [-0.1, -0.05) is 130 Å². The summed E-state index contributed by atoms with van der Waals surface area (Å²) in [5, 5.41) is 24.1. The average molecular weight is 985 g/mol. The summed E-state index contributed by atoms with van der Waals surface area (Å²) in [6.45, 7) is 21.8. The Bertz CT molecular complexity index is 2370. The van der Waals surface area contributed by atoms with Gasteiger partial charge in [0, 0.05) is 0 Å². The monoisotopic (exact) mass is 984 g/mol. The van der Waals surface area contributed by atoms with Gasteiger partial charge in [-0.3, -0.25) is 0 Å². The van der Waals surface area contributed by atoms with Crippen molar-refractivity contribution in [3.05, 3.63) is 70.8 Å². The van der Waals surface area contributed by atoms with Crippen LogP contribution in [0.2, 0.25) is 0 Å². The molecule has 0 atom stereocenters. The van der Waals surface area contributed by atoms with E-state index in [-0.39, 0.29) is 39.2 Å². The van der Waals surface area contributed by atoms with Crippen LogP contribution in [-0.2, 0) is 41.9 Å². The molecule has 62 heavy (non-hydrogen) atoms. The van der Waals surface area contributed by atoms with E-state index in [2.05, 4.69) is 0 Å². The lowest BCUT2D eigenvalue weighted by Crippen LogP contribution is -2.28. The maximum absolute atomic E-state index is 14.1. The number of benzene rings is 4. The molecule has 1 heterocycles. The van der Waals surface area contributed by atoms with Crippen molar-refractivity contribution >= 4 is 67.3 Å². The Kier molecular flexibility index (Phi) is 13.2. The lowest BCUT2D eigenvalue weighted by molar-refractivity contribution is -0.0506. The molecule has 0 fully saturated rings. The van der Waals surface area contributed by atoms with Crippen LogP contribution >= 0.6 is 47.0 Å². The first-order valence-electron chi connectivity index (χ1n) is 18.6. The molecule has 5 rings (SSSR count). The van der Waals surface area contributed by atoms with Crippen LogP contribution in [0.1, 0.15) is 105 Å². The summed E-state index contributed by atoms with van der Waals surface area (Å²) in [4.78, 5) is -0.757. The Labute approximate surface area is 375 Å². The fourth-order valence-electron chi connectivity index (χ4n) is 5.62. The second kappa shape index (κ2) is 16.4. The van der Waals surface area contributed by atoms with Crippen LogP contribution in [0.15, 0.2) is 87.7 Å². The van der Waals surface area contributed by atoms with Gasteiger partial charge in [0.05, 0.1) is 39.2 Å². The summed E-state index contributed by atoms with van der Waals surface area (Å²) in [7, 11) is -12.6. The smallest absolute Gasteiger partial charge is 0.506 e. The number of halogens is 6. The molecule has 340 valence electrons. The van der Waals surface area contributed by atoms with E-state index in [1.54, 1.807) is 0 Å². The Hall–Kier alpha value is -3.04. The molecule has 0 aliphatic carbocycles. The van der Waals surface area contributed by atoms with Crippen LogP contribution < -0.4 is 8.37 Å². The first kappa shape index (κ1) is 50.0. The fourth-order valence-corrected chi connectivity index (χ4v) is 11.3. The highest BCUT2D eigenvalue weighted by molar-refractivity contribution is 8.01. The molecule has 0 spiro atoms. The average Bonchev–Trinajstić information content (AvgIpc) is 3.07. The van der Waals surface area contributed by atoms with Gasteiger partial charge in [0.15, 0.2) is 11.5 Å². The zero-order valence-corrected chi connectivity index (χ0v) is 40.6. The highest BCUT2D eigenvalue weighted by Crippen LogP contribution is 2.56. The SMILES string of the molecule is CC(C)(C)c1cc2c(O)c(c1)Sc1cc(C(C)(C)C)cc(c1OS(=O)(=O)C(F)(F)F)Sc1cc(C(C)(C)C)cc(c1O)Sc1cc(C(C)(C)C)cc(c1OS(=O)(=O)C(F)(F)F)S2. The molecule has 1 aliphatic heterocycles. The molecule has 4 aromatic carbocycles. The van der Waals surface area contributed by atoms with E-state index in [9.17, 15) is 53.4 Å². The molecule has 0 unspecified atom stereocenters. The first-order chi connectivity index (χ1) is 27.8. The Morgan fingerprint density at radius 3 is 0.726 bits per heavy atom. The highest BCUT2D eigenvalue weighted by Gasteiger charge is 2.50. The molecular weight excluding hydrogens is 939 g/mol. The summed E-state index contributed by atoms with van der Waals surface area (Å²) in [6.07, 6.45) is 0. The van der Waals surface area contributed by atoms with Crippen molar-refractivity contribution in [2.45, 2.75) is 155 Å². The van der Waals surface area contributed by atoms with Crippen LogP contribution in [-0.4, -0.2) is 38.1 Å². The summed E-state index contributed by atoms with van der Waals surface area (Å²) in [5.41, 5.74) is -12.5. The summed E-state index contributed by atoms with van der Waals surface area (Å²) in [6, 6.07) is 11.9. The van der Waals surface area contributed by atoms with Crippen molar-refractivity contribution in [1.82, 2.24) is 0 Å². The van der Waals surface area contributed by atoms with Crippen molar-refractivity contribution in [2.24, 2.45) is 0 Å². The predicted octanol–water partition coefficient (Wildman–Crippen LogP) is 13.7. The summed E-state index contributed by atoms with van der Waals surface area (Å²) >= 11 is 2.71. The molecule has 8 nitrogen and oxygen atoms in total. The normalized spacial score (nSPS) is 14.7. The zero-order valence-electron chi connectivity index (χ0n) is 35.7. The van der Waals surface area contributed by atoms with Gasteiger partial charge in [-0.15, -0.1) is 0 Å². The van der Waals surface area contributed by atoms with Crippen LogP contribution in [0.5, 0.6) is 23.0 Å². The number of aromatic hydroxyl groups is 2. The van der Waals surface area contributed by atoms with Crippen molar-refractivity contribution in [3.63, 3.8) is 0 Å². The fraction of sp³-hybridized carbons (Fsp3) is 0.429. The van der Waals surface area contributed by atoms with Crippen molar-refractivity contribution in [2.75, 3.05) is 0 Å². The molecule has 0 aromatic heterocycles. The summed E-state index contributed by atoms with van der Waals surface area (Å²) < 4.78 is 146. The van der Waals surface area contributed by atoms with Crippen LogP contribution in [0.4, 0.5) is 26.3 Å². The van der Waals surface area contributed by atoms with E-state index >= 15 is 0 Å². The van der Waals surface area contributed by atoms with E-state index in [1.165, 1.54) is 48.5 Å². The lowest BCUT2D eigenvalue weighted by Gasteiger charge is -2.27. The second-order valence-corrected chi connectivity index (χ2v) is 26.0. The zero-order chi connectivity index (χ0) is 47.1. The highest BCUT2D eigenvalue weighted by atomic mass is 32.2. The van der Waals surface area contributed by atoms with Crippen molar-refractivity contribution in [1.29, 1.82) is 0 Å². The van der Waals surface area contributed by atoms with E-state index in [0.717, 1.165) is 0 Å². The third-order valence-electron chi connectivity index (χ3n) is 9.42. The van der Waals surface area contributed by atoms with Gasteiger partial charge in [0.1, 0.15) is 11.5 Å². The summed E-state index contributed by atoms with van der Waals surface area (Å²) in [5.74, 6) is -2.51. The Balaban J connectivity index is 2.03. The number of hydrogen-bond donors (Lipinski definition) is 2. The number of fused-ring (bicyclic) bond motifs is 8. The van der Waals surface area contributed by atoms with Crippen LogP contribution in [0.25, 0.3) is 0 Å². The minimum Gasteiger partial charge on any atom is -0.506 e. The Morgan fingerprint density at radius 2 is 0.565 bits per heavy atom. The van der Waals surface area contributed by atoms with E-state index in [1.807, 2.05) is 83.1 Å². The van der Waals surface area contributed by atoms with Gasteiger partial charge < -0.3 is 18.6 Å². The van der Waals surface area contributed by atoms with Gasteiger partial charge in [-0.05, 0) is 92.4 Å². The van der Waals surface area contributed by atoms with E-state index in [0.29, 0.717) is 69.3 Å². The first-order valence-corrected chi connectivity index (χ1v) is 24.7. The largest absolute Gasteiger partial charge is 0.534 e. The molecule has 0 amide bonds. The van der Waals surface area contributed by atoms with Crippen molar-refractivity contribution < 1.29 is 61.8 Å². The maximum atomic E-state index is 14.1. The molecule has 8 bridgehead atoms. The van der Waals surface area contributed by atoms with Crippen LogP contribution in [0, 0.1) is 0 Å². The molecule has 0 radical (unpaired) electrons. The third-order valence-corrected chi connectivity index (χ3v) is 15.5. The molecule has 1 aliphatic rings. The number of rotatable bonds is 4. The molecular formula is C42H46F6O8S6. The molecule has 4 aromatic rings. The number of phenolic OH excluding ortho intramolecular Hbond substituents is 2. The number of phenols is 2. The standard InChI is InChI=1S/C42H46F6O8S6/c1-37(2,3)21-13-25-33(49)26(14-21)58-30-18-24(40(10,11)12)20-32(36(30)56-62(53,54)42(46,47)48)60-28-16-22(38(4,5)6)15-27(34(28)50)59-31-19-23(39(7,8)9)17-29(57-25)35(31)55-61(51,52)41(43,44)45/h13-20,49-50H,1-12H3. The third kappa shape index (κ3) is 10.7. The van der Waals surface area contributed by atoms with Gasteiger partial charge in [0.2, 0.25) is 0 Å². The van der Waals surface area contributed by atoms with Gasteiger partial charge in [-0.2, -0.15) is 43.2 Å². The van der Waals surface area contributed by atoms with Gasteiger partial charge in [-0.25, -0.2) is 0 Å². The van der Waals surface area contributed by atoms with Gasteiger partial charge in [0.25, 0.3) is 0 Å². The minimum absolute atomic E-state index is 0.0184. The van der Waals surface area contributed by atoms with Crippen molar-refractivity contribution in [3.8, 4) is 23.0 Å².